The van der Waals surface area contributed by atoms with E-state index in [2.05, 4.69) is 10.3 Å². The number of carbonyl (C=O) groups is 2. The highest BCUT2D eigenvalue weighted by Gasteiger charge is 2.21. The Morgan fingerprint density at radius 1 is 1.10 bits per heavy atom. The fourth-order valence-electron chi connectivity index (χ4n) is 1.81. The average molecular weight is 286 g/mol. The van der Waals surface area contributed by atoms with Crippen LogP contribution in [0, 0.1) is 0 Å². The molecular formula is C15H14N2O4. The number of aliphatic carboxylic acids is 1. The van der Waals surface area contributed by atoms with Crippen LogP contribution in [-0.4, -0.2) is 33.1 Å². The monoisotopic (exact) mass is 286 g/mol. The lowest BCUT2D eigenvalue weighted by atomic mass is 10.1. The molecule has 21 heavy (non-hydrogen) atoms. The molecule has 6 nitrogen and oxygen atoms in total. The molecule has 1 heterocycles. The molecule has 1 atom stereocenters. The zero-order valence-electron chi connectivity index (χ0n) is 11.1. The van der Waals surface area contributed by atoms with E-state index in [1.807, 2.05) is 0 Å². The van der Waals surface area contributed by atoms with Gasteiger partial charge >= 0.3 is 5.97 Å². The van der Waals surface area contributed by atoms with Crippen LogP contribution in [0.4, 0.5) is 0 Å². The van der Waals surface area contributed by atoms with Gasteiger partial charge in [-0.05, 0) is 29.8 Å². The summed E-state index contributed by atoms with van der Waals surface area (Å²) in [7, 11) is 0. The van der Waals surface area contributed by atoms with Gasteiger partial charge in [-0.15, -0.1) is 0 Å². The van der Waals surface area contributed by atoms with Gasteiger partial charge in [0.25, 0.3) is 5.91 Å². The number of phenols is 1. The number of nitrogens with zero attached hydrogens (tertiary/aromatic N) is 1. The number of aromatic hydroxyl groups is 1. The normalized spacial score (nSPS) is 11.6. The molecule has 0 fully saturated rings. The summed E-state index contributed by atoms with van der Waals surface area (Å²) in [4.78, 5) is 27.0. The largest absolute Gasteiger partial charge is 0.508 e. The first-order valence-corrected chi connectivity index (χ1v) is 6.28. The number of pyridine rings is 1. The summed E-state index contributed by atoms with van der Waals surface area (Å²) in [6, 6.07) is 8.14. The van der Waals surface area contributed by atoms with Crippen molar-refractivity contribution < 1.29 is 19.8 Å². The van der Waals surface area contributed by atoms with Gasteiger partial charge < -0.3 is 15.5 Å². The van der Waals surface area contributed by atoms with Crippen LogP contribution < -0.4 is 5.32 Å². The van der Waals surface area contributed by atoms with E-state index in [0.717, 1.165) is 0 Å². The van der Waals surface area contributed by atoms with E-state index in [-0.39, 0.29) is 12.2 Å². The summed E-state index contributed by atoms with van der Waals surface area (Å²) in [6.45, 7) is 0. The molecule has 1 aromatic carbocycles. The molecule has 2 rings (SSSR count). The lowest BCUT2D eigenvalue weighted by Crippen LogP contribution is -2.42. The van der Waals surface area contributed by atoms with Crippen LogP contribution in [0.1, 0.15) is 15.9 Å². The third-order valence-corrected chi connectivity index (χ3v) is 2.92. The Labute approximate surface area is 121 Å². The van der Waals surface area contributed by atoms with E-state index >= 15 is 0 Å². The Morgan fingerprint density at radius 2 is 1.71 bits per heavy atom. The van der Waals surface area contributed by atoms with E-state index in [1.54, 1.807) is 12.1 Å². The molecule has 0 aliphatic heterocycles. The number of phenolic OH excluding ortho intramolecular Hbond substituents is 1. The van der Waals surface area contributed by atoms with Crippen molar-refractivity contribution in [2.24, 2.45) is 0 Å². The van der Waals surface area contributed by atoms with Gasteiger partial charge in [0.1, 0.15) is 11.8 Å². The molecule has 0 unspecified atom stereocenters. The van der Waals surface area contributed by atoms with Crippen LogP contribution in [0.5, 0.6) is 5.75 Å². The molecule has 0 radical (unpaired) electrons. The van der Waals surface area contributed by atoms with Crippen molar-refractivity contribution in [3.8, 4) is 5.75 Å². The number of benzene rings is 1. The van der Waals surface area contributed by atoms with Crippen molar-refractivity contribution in [2.75, 3.05) is 0 Å². The highest BCUT2D eigenvalue weighted by atomic mass is 16.4. The zero-order chi connectivity index (χ0) is 15.2. The number of nitrogens with one attached hydrogen (secondary N) is 1. The minimum absolute atomic E-state index is 0.103. The van der Waals surface area contributed by atoms with Gasteiger partial charge in [0.15, 0.2) is 0 Å². The topological polar surface area (TPSA) is 99.5 Å². The van der Waals surface area contributed by atoms with Gasteiger partial charge in [-0.1, -0.05) is 12.1 Å². The molecule has 0 aliphatic rings. The molecule has 1 amide bonds. The van der Waals surface area contributed by atoms with E-state index in [0.29, 0.717) is 11.1 Å². The standard InChI is InChI=1S/C15H14N2O4/c18-12-3-1-10(2-4-12)9-13(15(20)21)17-14(19)11-5-7-16-8-6-11/h1-8,13,18H,9H2,(H,17,19)(H,20,21)/t13-/m0/s1. The Morgan fingerprint density at radius 3 is 2.29 bits per heavy atom. The predicted molar refractivity (Wildman–Crippen MR) is 74.9 cm³/mol. The number of aromatic nitrogens is 1. The first kappa shape index (κ1) is 14.5. The summed E-state index contributed by atoms with van der Waals surface area (Å²) in [6.07, 6.45) is 3.06. The summed E-state index contributed by atoms with van der Waals surface area (Å²) in [5.41, 5.74) is 1.05. The van der Waals surface area contributed by atoms with Crippen molar-refractivity contribution in [3.05, 3.63) is 59.9 Å². The Balaban J connectivity index is 2.07. The van der Waals surface area contributed by atoms with E-state index < -0.39 is 17.9 Å². The van der Waals surface area contributed by atoms with E-state index in [1.165, 1.54) is 36.7 Å². The van der Waals surface area contributed by atoms with Crippen LogP contribution in [0.15, 0.2) is 48.8 Å². The quantitative estimate of drug-likeness (QED) is 0.767. The molecule has 1 aromatic heterocycles. The predicted octanol–water partition coefficient (Wildman–Crippen LogP) is 1.21. The third kappa shape index (κ3) is 4.04. The highest BCUT2D eigenvalue weighted by Crippen LogP contribution is 2.11. The summed E-state index contributed by atoms with van der Waals surface area (Å²) >= 11 is 0. The van der Waals surface area contributed by atoms with Gasteiger partial charge in [-0.25, -0.2) is 4.79 Å². The van der Waals surface area contributed by atoms with E-state index in [4.69, 9.17) is 0 Å². The first-order chi connectivity index (χ1) is 10.1. The van der Waals surface area contributed by atoms with Crippen LogP contribution >= 0.6 is 0 Å². The fourth-order valence-corrected chi connectivity index (χ4v) is 1.81. The number of hydrogen-bond donors (Lipinski definition) is 3. The van der Waals surface area contributed by atoms with Crippen molar-refractivity contribution in [2.45, 2.75) is 12.5 Å². The van der Waals surface area contributed by atoms with Gasteiger partial charge in [-0.3, -0.25) is 9.78 Å². The van der Waals surface area contributed by atoms with Crippen LogP contribution in [0.25, 0.3) is 0 Å². The lowest BCUT2D eigenvalue weighted by Gasteiger charge is -2.14. The third-order valence-electron chi connectivity index (χ3n) is 2.92. The molecule has 6 heteroatoms. The molecule has 0 saturated heterocycles. The van der Waals surface area contributed by atoms with Gasteiger partial charge in [-0.2, -0.15) is 0 Å². The molecule has 0 bridgehead atoms. The van der Waals surface area contributed by atoms with Crippen LogP contribution in [0.3, 0.4) is 0 Å². The SMILES string of the molecule is O=C(N[C@@H](Cc1ccc(O)cc1)C(=O)O)c1ccncc1. The van der Waals surface area contributed by atoms with Gasteiger partial charge in [0.05, 0.1) is 0 Å². The number of carboxylic acids is 1. The minimum Gasteiger partial charge on any atom is -0.508 e. The molecule has 3 N–H and O–H groups in total. The average Bonchev–Trinajstić information content (AvgIpc) is 2.49. The fraction of sp³-hybridized carbons (Fsp3) is 0.133. The maximum Gasteiger partial charge on any atom is 0.326 e. The Hall–Kier alpha value is -2.89. The number of amides is 1. The second-order valence-electron chi connectivity index (χ2n) is 4.47. The van der Waals surface area contributed by atoms with E-state index in [9.17, 15) is 19.8 Å². The van der Waals surface area contributed by atoms with Gasteiger partial charge in [0, 0.05) is 24.4 Å². The van der Waals surface area contributed by atoms with Crippen molar-refractivity contribution in [1.29, 1.82) is 0 Å². The summed E-state index contributed by atoms with van der Waals surface area (Å²) in [5, 5.41) is 20.9. The maximum absolute atomic E-state index is 12.0. The second kappa shape index (κ2) is 6.51. The van der Waals surface area contributed by atoms with Crippen molar-refractivity contribution in [3.63, 3.8) is 0 Å². The molecule has 0 aliphatic carbocycles. The highest BCUT2D eigenvalue weighted by molar-refractivity contribution is 5.96. The number of hydrogen-bond acceptors (Lipinski definition) is 4. The zero-order valence-corrected chi connectivity index (χ0v) is 11.1. The summed E-state index contributed by atoms with van der Waals surface area (Å²) in [5.74, 6) is -1.49. The molecule has 0 saturated carbocycles. The number of carboxylic acid groups (broad SMARTS) is 1. The second-order valence-corrected chi connectivity index (χ2v) is 4.47. The first-order valence-electron chi connectivity index (χ1n) is 6.28. The molecule has 0 spiro atoms. The Bertz CT molecular complexity index is 626. The summed E-state index contributed by atoms with van der Waals surface area (Å²) < 4.78 is 0. The lowest BCUT2D eigenvalue weighted by molar-refractivity contribution is -0.139. The number of carbonyl (C=O) groups excluding carboxylic acids is 1. The van der Waals surface area contributed by atoms with Crippen molar-refractivity contribution >= 4 is 11.9 Å². The molecule has 108 valence electrons. The molecular weight excluding hydrogens is 272 g/mol. The molecule has 2 aromatic rings. The van der Waals surface area contributed by atoms with Gasteiger partial charge in [0.2, 0.25) is 0 Å². The Kier molecular flexibility index (Phi) is 4.50. The minimum atomic E-state index is -1.12. The van der Waals surface area contributed by atoms with Crippen molar-refractivity contribution in [1.82, 2.24) is 10.3 Å². The smallest absolute Gasteiger partial charge is 0.326 e. The van der Waals surface area contributed by atoms with Crippen LogP contribution in [0.2, 0.25) is 0 Å². The number of rotatable bonds is 5. The van der Waals surface area contributed by atoms with Crippen LogP contribution in [-0.2, 0) is 11.2 Å². The maximum atomic E-state index is 12.0.